The Morgan fingerprint density at radius 1 is 1.50 bits per heavy atom. The average molecular weight is 296 g/mol. The summed E-state index contributed by atoms with van der Waals surface area (Å²) in [5.41, 5.74) is -0.839. The fourth-order valence-corrected chi connectivity index (χ4v) is 1.54. The average Bonchev–Trinajstić information content (AvgIpc) is 2.26. The van der Waals surface area contributed by atoms with Gasteiger partial charge < -0.3 is 9.47 Å². The lowest BCUT2D eigenvalue weighted by Crippen LogP contribution is -2.09. The van der Waals surface area contributed by atoms with Crippen LogP contribution >= 0.6 is 15.9 Å². The Labute approximate surface area is 98.7 Å². The number of carbonyl (C=O) groups is 1. The van der Waals surface area contributed by atoms with Crippen LogP contribution in [0.25, 0.3) is 0 Å². The minimum atomic E-state index is -2.87. The lowest BCUT2D eigenvalue weighted by Gasteiger charge is -2.11. The van der Waals surface area contributed by atoms with Crippen molar-refractivity contribution in [1.29, 1.82) is 0 Å². The number of esters is 1. The molecule has 0 aliphatic carbocycles. The fourth-order valence-electron chi connectivity index (χ4n) is 1.15. The zero-order chi connectivity index (χ0) is 12.3. The van der Waals surface area contributed by atoms with Crippen molar-refractivity contribution in [3.8, 4) is 5.88 Å². The van der Waals surface area contributed by atoms with Gasteiger partial charge in [0.25, 0.3) is 6.43 Å². The summed E-state index contributed by atoms with van der Waals surface area (Å²) >= 11 is 2.99. The minimum absolute atomic E-state index is 0.217. The summed E-state index contributed by atoms with van der Waals surface area (Å²) in [6.45, 7) is 0. The predicted octanol–water partition coefficient (Wildman–Crippen LogP) is 2.58. The number of aromatic nitrogens is 1. The number of hydrogen-bond acceptors (Lipinski definition) is 4. The largest absolute Gasteiger partial charge is 0.481 e. The third kappa shape index (κ3) is 2.46. The standard InChI is InChI=1S/C9H8BrF2NO3/c1-15-8-6(7(11)12)4(9(14)16-2)3-5(10)13-8/h3,7H,1-2H3. The van der Waals surface area contributed by atoms with Crippen molar-refractivity contribution in [3.63, 3.8) is 0 Å². The number of pyridine rings is 1. The molecule has 88 valence electrons. The maximum Gasteiger partial charge on any atom is 0.338 e. The third-order valence-corrected chi connectivity index (χ3v) is 2.22. The highest BCUT2D eigenvalue weighted by molar-refractivity contribution is 9.10. The molecule has 7 heteroatoms. The van der Waals surface area contributed by atoms with Crippen LogP contribution in [0.15, 0.2) is 10.7 Å². The summed E-state index contributed by atoms with van der Waals surface area (Å²) in [4.78, 5) is 15.0. The molecule has 0 atom stereocenters. The fraction of sp³-hybridized carbons (Fsp3) is 0.333. The van der Waals surface area contributed by atoms with Gasteiger partial charge in [-0.15, -0.1) is 0 Å². The lowest BCUT2D eigenvalue weighted by molar-refractivity contribution is 0.0587. The number of alkyl halides is 2. The molecule has 0 saturated carbocycles. The highest BCUT2D eigenvalue weighted by Crippen LogP contribution is 2.32. The normalized spacial score (nSPS) is 10.4. The van der Waals surface area contributed by atoms with E-state index in [4.69, 9.17) is 4.74 Å². The number of halogens is 3. The van der Waals surface area contributed by atoms with E-state index in [0.29, 0.717) is 0 Å². The van der Waals surface area contributed by atoms with Crippen LogP contribution in [0.1, 0.15) is 22.3 Å². The van der Waals surface area contributed by atoms with E-state index in [1.54, 1.807) is 0 Å². The Balaban J connectivity index is 3.44. The molecule has 0 aliphatic heterocycles. The van der Waals surface area contributed by atoms with E-state index in [0.717, 1.165) is 13.2 Å². The van der Waals surface area contributed by atoms with Crippen molar-refractivity contribution in [2.45, 2.75) is 6.43 Å². The Morgan fingerprint density at radius 2 is 2.12 bits per heavy atom. The van der Waals surface area contributed by atoms with E-state index in [1.165, 1.54) is 7.11 Å². The summed E-state index contributed by atoms with van der Waals surface area (Å²) in [5.74, 6) is -1.17. The van der Waals surface area contributed by atoms with E-state index in [9.17, 15) is 13.6 Å². The second-order valence-electron chi connectivity index (χ2n) is 2.71. The van der Waals surface area contributed by atoms with Gasteiger partial charge >= 0.3 is 5.97 Å². The highest BCUT2D eigenvalue weighted by atomic mass is 79.9. The van der Waals surface area contributed by atoms with Gasteiger partial charge in [-0.3, -0.25) is 0 Å². The maximum atomic E-state index is 12.8. The van der Waals surface area contributed by atoms with E-state index < -0.39 is 18.0 Å². The molecule has 0 spiro atoms. The number of carbonyl (C=O) groups excluding carboxylic acids is 1. The van der Waals surface area contributed by atoms with Crippen molar-refractivity contribution in [1.82, 2.24) is 4.98 Å². The van der Waals surface area contributed by atoms with E-state index in [2.05, 4.69) is 25.7 Å². The van der Waals surface area contributed by atoms with Gasteiger partial charge in [-0.05, 0) is 22.0 Å². The molecule has 0 fully saturated rings. The summed E-state index contributed by atoms with van der Waals surface area (Å²) in [6, 6.07) is 1.16. The van der Waals surface area contributed by atoms with E-state index in [-0.39, 0.29) is 16.0 Å². The molecule has 1 heterocycles. The molecule has 0 aromatic carbocycles. The van der Waals surface area contributed by atoms with Gasteiger partial charge in [0.15, 0.2) is 0 Å². The van der Waals surface area contributed by atoms with E-state index >= 15 is 0 Å². The molecule has 0 radical (unpaired) electrons. The van der Waals surface area contributed by atoms with Crippen LogP contribution in [0.5, 0.6) is 5.88 Å². The zero-order valence-corrected chi connectivity index (χ0v) is 10.0. The zero-order valence-electron chi connectivity index (χ0n) is 8.46. The van der Waals surface area contributed by atoms with Gasteiger partial charge in [0, 0.05) is 0 Å². The Morgan fingerprint density at radius 3 is 2.56 bits per heavy atom. The molecule has 1 rings (SSSR count). The van der Waals surface area contributed by atoms with Crippen molar-refractivity contribution in [2.75, 3.05) is 14.2 Å². The summed E-state index contributed by atoms with van der Waals surface area (Å²) < 4.78 is 34.8. The number of rotatable bonds is 3. The molecular formula is C9H8BrF2NO3. The monoisotopic (exact) mass is 295 g/mol. The first-order valence-corrected chi connectivity index (χ1v) is 4.91. The van der Waals surface area contributed by atoms with Crippen LogP contribution in [0.3, 0.4) is 0 Å². The number of ether oxygens (including phenoxy) is 2. The maximum absolute atomic E-state index is 12.8. The Bertz CT molecular complexity index is 412. The number of methoxy groups -OCH3 is 2. The van der Waals surface area contributed by atoms with Gasteiger partial charge in [0.2, 0.25) is 5.88 Å². The van der Waals surface area contributed by atoms with Gasteiger partial charge in [0.05, 0.1) is 25.3 Å². The lowest BCUT2D eigenvalue weighted by atomic mass is 10.1. The molecule has 0 saturated heterocycles. The molecule has 0 aliphatic rings. The van der Waals surface area contributed by atoms with Gasteiger partial charge in [-0.25, -0.2) is 18.6 Å². The second kappa shape index (κ2) is 5.20. The van der Waals surface area contributed by atoms with E-state index in [1.807, 2.05) is 0 Å². The van der Waals surface area contributed by atoms with Crippen LogP contribution in [0.2, 0.25) is 0 Å². The topological polar surface area (TPSA) is 48.4 Å². The summed E-state index contributed by atoms with van der Waals surface area (Å²) in [7, 11) is 2.31. The molecule has 16 heavy (non-hydrogen) atoms. The molecular weight excluding hydrogens is 288 g/mol. The predicted molar refractivity (Wildman–Crippen MR) is 54.8 cm³/mol. The van der Waals surface area contributed by atoms with Gasteiger partial charge in [-0.2, -0.15) is 0 Å². The van der Waals surface area contributed by atoms with Gasteiger partial charge in [-0.1, -0.05) is 0 Å². The summed E-state index contributed by atoms with van der Waals surface area (Å²) in [5, 5.41) is 0. The van der Waals surface area contributed by atoms with Crippen molar-refractivity contribution in [3.05, 3.63) is 21.8 Å². The first kappa shape index (κ1) is 12.8. The molecule has 0 N–H and O–H groups in total. The highest BCUT2D eigenvalue weighted by Gasteiger charge is 2.25. The Kier molecular flexibility index (Phi) is 4.17. The van der Waals surface area contributed by atoms with Crippen LogP contribution in [-0.4, -0.2) is 25.2 Å². The van der Waals surface area contributed by atoms with Crippen LogP contribution in [0, 0.1) is 0 Å². The SMILES string of the molecule is COC(=O)c1cc(Br)nc(OC)c1C(F)F. The van der Waals surface area contributed by atoms with Crippen LogP contribution in [-0.2, 0) is 4.74 Å². The van der Waals surface area contributed by atoms with Crippen molar-refractivity contribution >= 4 is 21.9 Å². The molecule has 0 bridgehead atoms. The smallest absolute Gasteiger partial charge is 0.338 e. The van der Waals surface area contributed by atoms with Crippen LogP contribution < -0.4 is 4.74 Å². The number of hydrogen-bond donors (Lipinski definition) is 0. The molecule has 1 aromatic rings. The Hall–Kier alpha value is -1.24. The first-order valence-electron chi connectivity index (χ1n) is 4.12. The summed E-state index contributed by atoms with van der Waals surface area (Å²) in [6.07, 6.45) is -2.87. The molecule has 0 unspecified atom stereocenters. The quantitative estimate of drug-likeness (QED) is 0.635. The number of nitrogens with zero attached hydrogens (tertiary/aromatic N) is 1. The minimum Gasteiger partial charge on any atom is -0.481 e. The first-order chi connectivity index (χ1) is 7.51. The third-order valence-electron chi connectivity index (χ3n) is 1.81. The van der Waals surface area contributed by atoms with Crippen molar-refractivity contribution in [2.24, 2.45) is 0 Å². The van der Waals surface area contributed by atoms with Crippen LogP contribution in [0.4, 0.5) is 8.78 Å². The second-order valence-corrected chi connectivity index (χ2v) is 3.52. The molecule has 0 amide bonds. The molecule has 1 aromatic heterocycles. The van der Waals surface area contributed by atoms with Gasteiger partial charge in [0.1, 0.15) is 4.60 Å². The molecule has 4 nitrogen and oxygen atoms in total. The van der Waals surface area contributed by atoms with Crippen molar-refractivity contribution < 1.29 is 23.0 Å².